The number of amides is 3. The predicted octanol–water partition coefficient (Wildman–Crippen LogP) is -3.88. The molecule has 1 heterocycles. The quantitative estimate of drug-likeness (QED) is 0.143. The van der Waals surface area contributed by atoms with Gasteiger partial charge in [0.05, 0.1) is 25.1 Å². The lowest BCUT2D eigenvalue weighted by atomic mass is 10.1. The summed E-state index contributed by atoms with van der Waals surface area (Å²) >= 11 is 3.99. The molecular formula is C16H26N6O7S. The van der Waals surface area contributed by atoms with E-state index in [2.05, 4.69) is 33.2 Å². The molecule has 0 bridgehead atoms. The van der Waals surface area contributed by atoms with Crippen molar-refractivity contribution in [2.45, 2.75) is 43.6 Å². The molecule has 30 heavy (non-hydrogen) atoms. The number of aromatic nitrogens is 2. The van der Waals surface area contributed by atoms with Gasteiger partial charge in [-0.05, 0) is 6.92 Å². The number of carboxylic acid groups (broad SMARTS) is 1. The van der Waals surface area contributed by atoms with Gasteiger partial charge in [0.25, 0.3) is 0 Å². The molecule has 9 N–H and O–H groups in total. The number of hydrogen-bond donors (Lipinski definition) is 9. The normalized spacial score (nSPS) is 15.9. The number of nitrogens with zero attached hydrogens (tertiary/aromatic N) is 1. The summed E-state index contributed by atoms with van der Waals surface area (Å²) in [5.41, 5.74) is 6.42. The molecule has 0 radical (unpaired) electrons. The van der Waals surface area contributed by atoms with Crippen molar-refractivity contribution in [2.75, 3.05) is 12.4 Å². The lowest BCUT2D eigenvalue weighted by Gasteiger charge is -2.24. The summed E-state index contributed by atoms with van der Waals surface area (Å²) in [6.07, 6.45) is 1.65. The van der Waals surface area contributed by atoms with Crippen LogP contribution in [-0.4, -0.2) is 91.6 Å². The van der Waals surface area contributed by atoms with Crippen molar-refractivity contribution in [2.24, 2.45) is 5.73 Å². The molecule has 1 aromatic rings. The van der Waals surface area contributed by atoms with Crippen LogP contribution in [0.4, 0.5) is 0 Å². The first-order valence-corrected chi connectivity index (χ1v) is 9.50. The SMILES string of the molecule is CC(O)C(NC(=O)C(CO)NC(=O)C(CS)NC(=O)C(N)Cc1cnc[nH]1)C(=O)O. The summed E-state index contributed by atoms with van der Waals surface area (Å²) in [4.78, 5) is 54.4. The number of hydrogen-bond acceptors (Lipinski definition) is 9. The number of nitrogens with one attached hydrogen (secondary N) is 4. The van der Waals surface area contributed by atoms with Crippen LogP contribution in [0.2, 0.25) is 0 Å². The maximum atomic E-state index is 12.4. The molecule has 13 nitrogen and oxygen atoms in total. The van der Waals surface area contributed by atoms with Gasteiger partial charge in [-0.15, -0.1) is 0 Å². The van der Waals surface area contributed by atoms with Crippen molar-refractivity contribution in [3.05, 3.63) is 18.2 Å². The second-order valence-corrected chi connectivity index (χ2v) is 6.81. The Labute approximate surface area is 177 Å². The van der Waals surface area contributed by atoms with E-state index in [1.54, 1.807) is 0 Å². The van der Waals surface area contributed by atoms with Gasteiger partial charge in [0.15, 0.2) is 6.04 Å². The topological polar surface area (TPSA) is 220 Å². The number of carbonyl (C=O) groups excluding carboxylic acids is 3. The zero-order chi connectivity index (χ0) is 22.8. The van der Waals surface area contributed by atoms with Crippen LogP contribution >= 0.6 is 12.6 Å². The lowest BCUT2D eigenvalue weighted by Crippen LogP contribution is -2.59. The fourth-order valence-electron chi connectivity index (χ4n) is 2.31. The Hall–Kier alpha value is -2.68. The van der Waals surface area contributed by atoms with Crippen molar-refractivity contribution < 1.29 is 34.5 Å². The standard InChI is InChI=1S/C16H26N6O7S/c1-7(24)12(16(28)29)22-14(26)10(4-23)20-15(27)11(5-30)21-13(25)9(17)2-8-3-18-6-19-8/h3,6-7,9-12,23-24,30H,2,4-5,17H2,1H3,(H,18,19)(H,20,27)(H,21,25)(H,22,26)(H,28,29). The Morgan fingerprint density at radius 3 is 2.23 bits per heavy atom. The number of aliphatic hydroxyl groups is 2. The second kappa shape index (κ2) is 12.1. The summed E-state index contributed by atoms with van der Waals surface area (Å²) in [5, 5.41) is 34.4. The molecule has 1 aromatic heterocycles. The van der Waals surface area contributed by atoms with Crippen LogP contribution in [0.1, 0.15) is 12.6 Å². The highest BCUT2D eigenvalue weighted by molar-refractivity contribution is 7.80. The van der Waals surface area contributed by atoms with E-state index in [-0.39, 0.29) is 12.2 Å². The summed E-state index contributed by atoms with van der Waals surface area (Å²) < 4.78 is 0. The van der Waals surface area contributed by atoms with E-state index < -0.39 is 60.6 Å². The Balaban J connectivity index is 2.69. The zero-order valence-corrected chi connectivity index (χ0v) is 17.0. The molecule has 0 saturated carbocycles. The summed E-state index contributed by atoms with van der Waals surface area (Å²) in [6, 6.07) is -5.32. The molecular weight excluding hydrogens is 420 g/mol. The fraction of sp³-hybridized carbons (Fsp3) is 0.562. The van der Waals surface area contributed by atoms with Gasteiger partial charge >= 0.3 is 5.97 Å². The molecule has 0 aliphatic carbocycles. The Morgan fingerprint density at radius 1 is 1.17 bits per heavy atom. The number of nitrogens with two attached hydrogens (primary N) is 1. The number of carboxylic acids is 1. The Morgan fingerprint density at radius 2 is 1.77 bits per heavy atom. The smallest absolute Gasteiger partial charge is 0.328 e. The molecule has 14 heteroatoms. The van der Waals surface area contributed by atoms with E-state index in [1.165, 1.54) is 12.5 Å². The molecule has 5 unspecified atom stereocenters. The lowest BCUT2D eigenvalue weighted by molar-refractivity contribution is -0.145. The number of H-pyrrole nitrogens is 1. The molecule has 0 saturated heterocycles. The molecule has 0 spiro atoms. The number of aromatic amines is 1. The highest BCUT2D eigenvalue weighted by atomic mass is 32.1. The van der Waals surface area contributed by atoms with E-state index in [0.29, 0.717) is 5.69 Å². The minimum Gasteiger partial charge on any atom is -0.480 e. The number of thiol groups is 1. The van der Waals surface area contributed by atoms with Gasteiger partial charge in [0.1, 0.15) is 12.1 Å². The summed E-state index contributed by atoms with van der Waals surface area (Å²) in [5.74, 6) is -4.15. The van der Waals surface area contributed by atoms with Crippen LogP contribution < -0.4 is 21.7 Å². The fourth-order valence-corrected chi connectivity index (χ4v) is 2.56. The molecule has 168 valence electrons. The van der Waals surface area contributed by atoms with E-state index in [0.717, 1.165) is 6.92 Å². The van der Waals surface area contributed by atoms with Crippen molar-refractivity contribution in [3.8, 4) is 0 Å². The molecule has 0 aliphatic rings. The largest absolute Gasteiger partial charge is 0.480 e. The van der Waals surface area contributed by atoms with E-state index in [9.17, 15) is 29.4 Å². The number of carbonyl (C=O) groups is 4. The van der Waals surface area contributed by atoms with E-state index in [1.807, 2.05) is 5.32 Å². The number of rotatable bonds is 12. The van der Waals surface area contributed by atoms with Gasteiger partial charge in [-0.2, -0.15) is 12.6 Å². The van der Waals surface area contributed by atoms with Crippen LogP contribution in [0.5, 0.6) is 0 Å². The molecule has 5 atom stereocenters. The molecule has 0 aromatic carbocycles. The highest BCUT2D eigenvalue weighted by Gasteiger charge is 2.31. The van der Waals surface area contributed by atoms with Gasteiger partial charge in [-0.25, -0.2) is 9.78 Å². The van der Waals surface area contributed by atoms with Crippen molar-refractivity contribution in [1.82, 2.24) is 25.9 Å². The van der Waals surface area contributed by atoms with E-state index in [4.69, 9.17) is 10.8 Å². The number of aliphatic carboxylic acids is 1. The zero-order valence-electron chi connectivity index (χ0n) is 16.1. The predicted molar refractivity (Wildman–Crippen MR) is 106 cm³/mol. The monoisotopic (exact) mass is 446 g/mol. The van der Waals surface area contributed by atoms with Crippen LogP contribution in [-0.2, 0) is 25.6 Å². The van der Waals surface area contributed by atoms with Crippen molar-refractivity contribution in [3.63, 3.8) is 0 Å². The molecule has 3 amide bonds. The van der Waals surface area contributed by atoms with Gasteiger partial charge in [-0.1, -0.05) is 0 Å². The van der Waals surface area contributed by atoms with Crippen LogP contribution in [0, 0.1) is 0 Å². The van der Waals surface area contributed by atoms with Gasteiger partial charge in [0.2, 0.25) is 17.7 Å². The summed E-state index contributed by atoms with van der Waals surface area (Å²) in [7, 11) is 0. The highest BCUT2D eigenvalue weighted by Crippen LogP contribution is 1.99. The average molecular weight is 446 g/mol. The Bertz CT molecular complexity index is 730. The minimum absolute atomic E-state index is 0.139. The summed E-state index contributed by atoms with van der Waals surface area (Å²) in [6.45, 7) is 0.306. The third-order valence-corrected chi connectivity index (χ3v) is 4.37. The number of aliphatic hydroxyl groups excluding tert-OH is 2. The first-order chi connectivity index (χ1) is 14.1. The van der Waals surface area contributed by atoms with Crippen molar-refractivity contribution >= 4 is 36.3 Å². The first-order valence-electron chi connectivity index (χ1n) is 8.87. The van der Waals surface area contributed by atoms with Crippen LogP contribution in [0.25, 0.3) is 0 Å². The number of imidazole rings is 1. The van der Waals surface area contributed by atoms with Gasteiger partial charge in [-0.3, -0.25) is 14.4 Å². The Kier molecular flexibility index (Phi) is 10.2. The first kappa shape index (κ1) is 25.4. The molecule has 0 aliphatic heterocycles. The van der Waals surface area contributed by atoms with Crippen molar-refractivity contribution in [1.29, 1.82) is 0 Å². The maximum Gasteiger partial charge on any atom is 0.328 e. The third-order valence-electron chi connectivity index (χ3n) is 4.01. The van der Waals surface area contributed by atoms with Crippen LogP contribution in [0.3, 0.4) is 0 Å². The van der Waals surface area contributed by atoms with E-state index >= 15 is 0 Å². The maximum absolute atomic E-state index is 12.4. The van der Waals surface area contributed by atoms with Gasteiger partial charge in [0, 0.05) is 24.1 Å². The van der Waals surface area contributed by atoms with Crippen LogP contribution in [0.15, 0.2) is 12.5 Å². The molecule has 0 fully saturated rings. The average Bonchev–Trinajstić information content (AvgIpc) is 3.19. The van der Waals surface area contributed by atoms with Gasteiger partial charge < -0.3 is 42.0 Å². The third kappa shape index (κ3) is 7.62. The second-order valence-electron chi connectivity index (χ2n) is 6.44. The minimum atomic E-state index is -1.63. The molecule has 1 rings (SSSR count).